The normalized spacial score (nSPS) is 10.9. The molecule has 10 heteroatoms. The minimum Gasteiger partial charge on any atom is -0.308 e. The molecule has 0 aliphatic carbocycles. The van der Waals surface area contributed by atoms with Crippen LogP contribution < -0.4 is 15.4 Å². The molecule has 0 unspecified atom stereocenters. The number of hydrogen-bond donors (Lipinski definition) is 3. The third kappa shape index (κ3) is 5.13. The topological polar surface area (TPSA) is 100 Å². The van der Waals surface area contributed by atoms with Gasteiger partial charge >= 0.3 is 6.03 Å². The number of carbonyl (C=O) groups is 1. The Labute approximate surface area is 171 Å². The fourth-order valence-corrected chi connectivity index (χ4v) is 3.51. The number of benzene rings is 2. The monoisotopic (exact) mass is 436 g/mol. The van der Waals surface area contributed by atoms with Crippen LogP contribution in [0, 0.1) is 0 Å². The minimum absolute atomic E-state index is 0.0357. The van der Waals surface area contributed by atoms with Crippen molar-refractivity contribution in [1.29, 1.82) is 0 Å². The first-order chi connectivity index (χ1) is 13.3. The fourth-order valence-electron chi connectivity index (χ4n) is 2.20. The molecule has 0 spiro atoms. The molecule has 0 atom stereocenters. The second-order valence-corrected chi connectivity index (χ2v) is 8.05. The standard InChI is InChI=1S/C18H14Cl2N4O3S/c19-15-9-6-13(11-16(15)20)23-18(25)22-12-4-7-14(8-5-12)28(26,27)24-17-3-1-2-10-21-17/h1-11H,(H,21,24)(H2,22,23,25). The Kier molecular flexibility index (Phi) is 6.03. The number of sulfonamides is 1. The highest BCUT2D eigenvalue weighted by atomic mass is 35.5. The molecule has 2 amide bonds. The third-order valence-electron chi connectivity index (χ3n) is 3.50. The Hall–Kier alpha value is -2.81. The van der Waals surface area contributed by atoms with Crippen molar-refractivity contribution in [3.8, 4) is 0 Å². The van der Waals surface area contributed by atoms with E-state index in [9.17, 15) is 13.2 Å². The molecule has 3 N–H and O–H groups in total. The van der Waals surface area contributed by atoms with Crippen molar-refractivity contribution in [3.63, 3.8) is 0 Å². The smallest absolute Gasteiger partial charge is 0.308 e. The van der Waals surface area contributed by atoms with Gasteiger partial charge < -0.3 is 10.6 Å². The van der Waals surface area contributed by atoms with Gasteiger partial charge in [-0.2, -0.15) is 0 Å². The van der Waals surface area contributed by atoms with Crippen LogP contribution in [0.5, 0.6) is 0 Å². The van der Waals surface area contributed by atoms with Crippen LogP contribution in [-0.4, -0.2) is 19.4 Å². The van der Waals surface area contributed by atoms with Gasteiger partial charge in [-0.3, -0.25) is 4.72 Å². The number of amides is 2. The van der Waals surface area contributed by atoms with Gasteiger partial charge in [0.05, 0.1) is 14.9 Å². The van der Waals surface area contributed by atoms with Gasteiger partial charge in [0.2, 0.25) is 0 Å². The zero-order valence-corrected chi connectivity index (χ0v) is 16.5. The van der Waals surface area contributed by atoms with Crippen LogP contribution in [0.15, 0.2) is 71.8 Å². The Morgan fingerprint density at radius 1 is 0.857 bits per heavy atom. The van der Waals surface area contributed by atoms with Crippen molar-refractivity contribution in [2.24, 2.45) is 0 Å². The van der Waals surface area contributed by atoms with E-state index in [1.807, 2.05) is 0 Å². The van der Waals surface area contributed by atoms with E-state index in [1.54, 1.807) is 30.3 Å². The molecule has 0 aliphatic rings. The second-order valence-electron chi connectivity index (χ2n) is 5.55. The molecule has 0 saturated carbocycles. The Morgan fingerprint density at radius 3 is 2.18 bits per heavy atom. The summed E-state index contributed by atoms with van der Waals surface area (Å²) in [5, 5.41) is 5.90. The van der Waals surface area contributed by atoms with Crippen molar-refractivity contribution in [2.75, 3.05) is 15.4 Å². The van der Waals surface area contributed by atoms with E-state index in [0.717, 1.165) is 0 Å². The number of anilines is 3. The van der Waals surface area contributed by atoms with E-state index in [4.69, 9.17) is 23.2 Å². The second kappa shape index (κ2) is 8.47. The van der Waals surface area contributed by atoms with Crippen LogP contribution in [0.2, 0.25) is 10.0 Å². The van der Waals surface area contributed by atoms with Crippen LogP contribution in [0.4, 0.5) is 22.0 Å². The van der Waals surface area contributed by atoms with Crippen LogP contribution in [0.1, 0.15) is 0 Å². The number of urea groups is 1. The van der Waals surface area contributed by atoms with Crippen LogP contribution in [0.3, 0.4) is 0 Å². The molecule has 3 aromatic rings. The summed E-state index contributed by atoms with van der Waals surface area (Å²) in [6.07, 6.45) is 1.48. The number of nitrogens with one attached hydrogen (secondary N) is 3. The molecular weight excluding hydrogens is 423 g/mol. The first kappa shape index (κ1) is 19.9. The van der Waals surface area contributed by atoms with Crippen molar-refractivity contribution in [3.05, 3.63) is 76.9 Å². The summed E-state index contributed by atoms with van der Waals surface area (Å²) in [4.78, 5) is 16.0. The summed E-state index contributed by atoms with van der Waals surface area (Å²) in [6, 6.07) is 14.8. The summed E-state index contributed by atoms with van der Waals surface area (Å²) in [7, 11) is -3.78. The molecule has 0 fully saturated rings. The Balaban J connectivity index is 1.65. The predicted molar refractivity (Wildman–Crippen MR) is 111 cm³/mol. The third-order valence-corrected chi connectivity index (χ3v) is 5.61. The van der Waals surface area contributed by atoms with Gasteiger partial charge in [0, 0.05) is 17.6 Å². The molecule has 0 radical (unpaired) electrons. The lowest BCUT2D eigenvalue weighted by molar-refractivity contribution is 0.262. The maximum absolute atomic E-state index is 12.4. The van der Waals surface area contributed by atoms with Crippen molar-refractivity contribution in [1.82, 2.24) is 4.98 Å². The molecule has 0 saturated heterocycles. The molecule has 0 aliphatic heterocycles. The van der Waals surface area contributed by atoms with Crippen LogP contribution in [-0.2, 0) is 10.0 Å². The summed E-state index contributed by atoms with van der Waals surface area (Å²) in [6.45, 7) is 0. The first-order valence-corrected chi connectivity index (χ1v) is 10.1. The molecule has 7 nitrogen and oxygen atoms in total. The van der Waals surface area contributed by atoms with Gasteiger partial charge in [-0.15, -0.1) is 0 Å². The molecule has 1 heterocycles. The summed E-state index contributed by atoms with van der Waals surface area (Å²) in [5.74, 6) is 0.214. The Bertz CT molecular complexity index is 1090. The number of halogens is 2. The average molecular weight is 437 g/mol. The van der Waals surface area contributed by atoms with Gasteiger partial charge in [-0.25, -0.2) is 18.2 Å². The lowest BCUT2D eigenvalue weighted by atomic mass is 10.3. The van der Waals surface area contributed by atoms with Gasteiger partial charge in [-0.1, -0.05) is 29.3 Å². The molecule has 3 rings (SSSR count). The highest BCUT2D eigenvalue weighted by molar-refractivity contribution is 7.92. The molecule has 2 aromatic carbocycles. The highest BCUT2D eigenvalue weighted by Gasteiger charge is 2.15. The van der Waals surface area contributed by atoms with Gasteiger partial charge in [-0.05, 0) is 54.6 Å². The van der Waals surface area contributed by atoms with E-state index >= 15 is 0 Å². The molecular formula is C18H14Cl2N4O3S. The van der Waals surface area contributed by atoms with Crippen LogP contribution >= 0.6 is 23.2 Å². The van der Waals surface area contributed by atoms with Crippen LogP contribution in [0.25, 0.3) is 0 Å². The van der Waals surface area contributed by atoms with E-state index in [0.29, 0.717) is 21.4 Å². The molecule has 144 valence electrons. The van der Waals surface area contributed by atoms with Gasteiger partial charge in [0.25, 0.3) is 10.0 Å². The lowest BCUT2D eigenvalue weighted by Crippen LogP contribution is -2.19. The van der Waals surface area contributed by atoms with Gasteiger partial charge in [0.15, 0.2) is 0 Å². The summed E-state index contributed by atoms with van der Waals surface area (Å²) >= 11 is 11.7. The largest absolute Gasteiger partial charge is 0.323 e. The maximum atomic E-state index is 12.4. The minimum atomic E-state index is -3.78. The number of nitrogens with zero attached hydrogens (tertiary/aromatic N) is 1. The molecule has 0 bridgehead atoms. The number of hydrogen-bond acceptors (Lipinski definition) is 4. The molecule has 28 heavy (non-hydrogen) atoms. The number of aromatic nitrogens is 1. The van der Waals surface area contributed by atoms with Gasteiger partial charge in [0.1, 0.15) is 5.82 Å². The molecule has 1 aromatic heterocycles. The summed E-state index contributed by atoms with van der Waals surface area (Å²) in [5.41, 5.74) is 0.875. The highest BCUT2D eigenvalue weighted by Crippen LogP contribution is 2.25. The van der Waals surface area contributed by atoms with E-state index in [1.165, 1.54) is 36.5 Å². The average Bonchev–Trinajstić information content (AvgIpc) is 2.65. The fraction of sp³-hybridized carbons (Fsp3) is 0. The maximum Gasteiger partial charge on any atom is 0.323 e. The van der Waals surface area contributed by atoms with Crippen molar-refractivity contribution < 1.29 is 13.2 Å². The van der Waals surface area contributed by atoms with E-state index in [2.05, 4.69) is 20.3 Å². The number of pyridine rings is 1. The zero-order chi connectivity index (χ0) is 20.1. The lowest BCUT2D eigenvalue weighted by Gasteiger charge is -2.10. The number of carbonyl (C=O) groups excluding carboxylic acids is 1. The summed E-state index contributed by atoms with van der Waals surface area (Å²) < 4.78 is 27.1. The SMILES string of the molecule is O=C(Nc1ccc(S(=O)(=O)Nc2ccccn2)cc1)Nc1ccc(Cl)c(Cl)c1. The Morgan fingerprint density at radius 2 is 1.54 bits per heavy atom. The predicted octanol–water partition coefficient (Wildman–Crippen LogP) is 4.83. The number of rotatable bonds is 5. The first-order valence-electron chi connectivity index (χ1n) is 7.90. The van der Waals surface area contributed by atoms with E-state index in [-0.39, 0.29) is 10.7 Å². The van der Waals surface area contributed by atoms with E-state index < -0.39 is 16.1 Å². The van der Waals surface area contributed by atoms with Crippen molar-refractivity contribution >= 4 is 56.4 Å². The zero-order valence-electron chi connectivity index (χ0n) is 14.2. The quantitative estimate of drug-likeness (QED) is 0.532. The van der Waals surface area contributed by atoms with Crippen molar-refractivity contribution in [2.45, 2.75) is 4.90 Å².